The van der Waals surface area contributed by atoms with Gasteiger partial charge in [-0.1, -0.05) is 6.92 Å². The Kier molecular flexibility index (Phi) is 4.45. The van der Waals surface area contributed by atoms with Crippen LogP contribution < -0.4 is 5.32 Å². The molecular weight excluding hydrogens is 166 g/mol. The Morgan fingerprint density at radius 3 is 2.64 bits per heavy atom. The van der Waals surface area contributed by atoms with Crippen molar-refractivity contribution in [3.05, 3.63) is 0 Å². The number of rotatable bonds is 1. The van der Waals surface area contributed by atoms with Crippen LogP contribution in [0.5, 0.6) is 0 Å². The van der Waals surface area contributed by atoms with E-state index >= 15 is 0 Å². The summed E-state index contributed by atoms with van der Waals surface area (Å²) in [5, 5.41) is 11.5. The highest BCUT2D eigenvalue weighted by molar-refractivity contribution is 5.85. The average Bonchev–Trinajstić information content (AvgIpc) is 1.88. The van der Waals surface area contributed by atoms with Crippen molar-refractivity contribution in [1.29, 1.82) is 0 Å². The van der Waals surface area contributed by atoms with Gasteiger partial charge in [0.15, 0.2) is 0 Å². The molecule has 1 rings (SSSR count). The topological polar surface area (TPSA) is 49.3 Å². The van der Waals surface area contributed by atoms with Gasteiger partial charge in [0, 0.05) is 0 Å². The molecule has 2 N–H and O–H groups in total. The van der Waals surface area contributed by atoms with Crippen molar-refractivity contribution < 1.29 is 9.90 Å². The fraction of sp³-hybridized carbons (Fsp3) is 0.857. The highest BCUT2D eigenvalue weighted by Crippen LogP contribution is 2.14. The number of hydrogen-bond donors (Lipinski definition) is 2. The minimum absolute atomic E-state index is 0. The molecule has 0 aromatic heterocycles. The largest absolute Gasteiger partial charge is 0.480 e. The molecule has 0 aromatic rings. The molecule has 0 aliphatic carbocycles. The van der Waals surface area contributed by atoms with Gasteiger partial charge in [0.05, 0.1) is 0 Å². The first-order chi connectivity index (χ1) is 4.70. The summed E-state index contributed by atoms with van der Waals surface area (Å²) in [5.74, 6) is -0.158. The number of halogens is 1. The highest BCUT2D eigenvalue weighted by Gasteiger charge is 2.23. The molecule has 1 heterocycles. The molecule has 0 saturated carbocycles. The predicted molar refractivity (Wildman–Crippen MR) is 45.1 cm³/mol. The van der Waals surface area contributed by atoms with Gasteiger partial charge in [0.1, 0.15) is 6.04 Å². The predicted octanol–water partition coefficient (Wildman–Crippen LogP) is 0.881. The molecule has 0 radical (unpaired) electrons. The van der Waals surface area contributed by atoms with Crippen LogP contribution in [-0.4, -0.2) is 23.7 Å². The minimum atomic E-state index is -0.716. The summed E-state index contributed by atoms with van der Waals surface area (Å²) >= 11 is 0. The summed E-state index contributed by atoms with van der Waals surface area (Å²) < 4.78 is 0. The van der Waals surface area contributed by atoms with E-state index in [9.17, 15) is 4.79 Å². The highest BCUT2D eigenvalue weighted by atomic mass is 35.5. The second-order valence-electron chi connectivity index (χ2n) is 2.97. The van der Waals surface area contributed by atoms with Crippen LogP contribution in [0.3, 0.4) is 0 Å². The Bertz CT molecular complexity index is 140. The van der Waals surface area contributed by atoms with Gasteiger partial charge in [-0.25, -0.2) is 0 Å². The Morgan fingerprint density at radius 2 is 2.27 bits per heavy atom. The summed E-state index contributed by atoms with van der Waals surface area (Å²) in [6.45, 7) is 2.94. The molecule has 66 valence electrons. The Labute approximate surface area is 72.6 Å². The molecule has 0 aromatic carbocycles. The van der Waals surface area contributed by atoms with Crippen molar-refractivity contribution in [2.45, 2.75) is 25.8 Å². The molecule has 3 nitrogen and oxygen atoms in total. The lowest BCUT2D eigenvalue weighted by molar-refractivity contribution is -0.140. The maximum Gasteiger partial charge on any atom is 0.320 e. The number of piperidine rings is 1. The lowest BCUT2D eigenvalue weighted by Gasteiger charge is -2.24. The van der Waals surface area contributed by atoms with Crippen molar-refractivity contribution in [2.24, 2.45) is 5.92 Å². The maximum absolute atomic E-state index is 10.4. The van der Waals surface area contributed by atoms with Crippen LogP contribution in [0.25, 0.3) is 0 Å². The number of nitrogens with one attached hydrogen (secondary N) is 1. The molecule has 1 aliphatic rings. The summed E-state index contributed by atoms with van der Waals surface area (Å²) in [6.07, 6.45) is 1.87. The second kappa shape index (κ2) is 4.57. The molecule has 4 heteroatoms. The molecule has 0 spiro atoms. The molecular formula is C7H14ClNO2. The smallest absolute Gasteiger partial charge is 0.320 e. The van der Waals surface area contributed by atoms with Crippen LogP contribution in [0.1, 0.15) is 19.8 Å². The van der Waals surface area contributed by atoms with E-state index in [0.717, 1.165) is 19.4 Å². The first-order valence-electron chi connectivity index (χ1n) is 3.66. The molecule has 1 saturated heterocycles. The van der Waals surface area contributed by atoms with E-state index in [2.05, 4.69) is 12.2 Å². The molecule has 1 aliphatic heterocycles. The quantitative estimate of drug-likeness (QED) is 0.629. The lowest BCUT2D eigenvalue weighted by atomic mass is 9.94. The van der Waals surface area contributed by atoms with E-state index < -0.39 is 5.97 Å². The zero-order valence-corrected chi connectivity index (χ0v) is 7.36. The van der Waals surface area contributed by atoms with Gasteiger partial charge in [0.2, 0.25) is 0 Å². The molecule has 0 amide bonds. The summed E-state index contributed by atoms with van der Waals surface area (Å²) in [6, 6.07) is -0.302. The van der Waals surface area contributed by atoms with Gasteiger partial charge in [0.25, 0.3) is 0 Å². The third-order valence-corrected chi connectivity index (χ3v) is 1.96. The third-order valence-electron chi connectivity index (χ3n) is 1.96. The fourth-order valence-electron chi connectivity index (χ4n) is 1.30. The van der Waals surface area contributed by atoms with E-state index in [1.165, 1.54) is 0 Å². The van der Waals surface area contributed by atoms with Crippen LogP contribution in [0.15, 0.2) is 0 Å². The normalized spacial score (nSPS) is 30.6. The summed E-state index contributed by atoms with van der Waals surface area (Å²) in [7, 11) is 0. The Hall–Kier alpha value is -0.280. The van der Waals surface area contributed by atoms with E-state index in [1.54, 1.807) is 0 Å². The Balaban J connectivity index is 0.000001000. The van der Waals surface area contributed by atoms with Gasteiger partial charge in [-0.05, 0) is 25.3 Å². The van der Waals surface area contributed by atoms with Gasteiger partial charge < -0.3 is 10.4 Å². The van der Waals surface area contributed by atoms with Crippen LogP contribution in [0.4, 0.5) is 0 Å². The van der Waals surface area contributed by atoms with Crippen molar-refractivity contribution in [1.82, 2.24) is 5.32 Å². The first kappa shape index (κ1) is 10.7. The van der Waals surface area contributed by atoms with Gasteiger partial charge in [-0.15, -0.1) is 12.4 Å². The molecule has 11 heavy (non-hydrogen) atoms. The van der Waals surface area contributed by atoms with Crippen LogP contribution in [0.2, 0.25) is 0 Å². The van der Waals surface area contributed by atoms with Crippen molar-refractivity contribution >= 4 is 18.4 Å². The van der Waals surface area contributed by atoms with Crippen molar-refractivity contribution in [3.63, 3.8) is 0 Å². The summed E-state index contributed by atoms with van der Waals surface area (Å²) in [4.78, 5) is 10.4. The van der Waals surface area contributed by atoms with Gasteiger partial charge in [-0.2, -0.15) is 0 Å². The number of carbonyl (C=O) groups is 1. The van der Waals surface area contributed by atoms with Gasteiger partial charge >= 0.3 is 5.97 Å². The van der Waals surface area contributed by atoms with Crippen LogP contribution in [0, 0.1) is 5.92 Å². The Morgan fingerprint density at radius 1 is 1.64 bits per heavy atom. The van der Waals surface area contributed by atoms with Gasteiger partial charge in [-0.3, -0.25) is 4.79 Å². The molecule has 1 unspecified atom stereocenters. The lowest BCUT2D eigenvalue weighted by Crippen LogP contribution is -2.42. The van der Waals surface area contributed by atoms with Crippen molar-refractivity contribution in [2.75, 3.05) is 6.54 Å². The fourth-order valence-corrected chi connectivity index (χ4v) is 1.30. The van der Waals surface area contributed by atoms with E-state index in [1.807, 2.05) is 0 Å². The minimum Gasteiger partial charge on any atom is -0.480 e. The molecule has 0 bridgehead atoms. The molecule has 1 fully saturated rings. The van der Waals surface area contributed by atoms with Crippen LogP contribution in [-0.2, 0) is 4.79 Å². The van der Waals surface area contributed by atoms with Crippen LogP contribution >= 0.6 is 12.4 Å². The maximum atomic E-state index is 10.4. The standard InChI is InChI=1S/C7H13NO2.ClH/c1-5-2-3-8-6(4-5)7(9)10;/h5-6,8H,2-4H2,1H3,(H,9,10);1H/t5-,6?;/m0./s1. The zero-order valence-electron chi connectivity index (χ0n) is 6.54. The van der Waals surface area contributed by atoms with E-state index in [-0.39, 0.29) is 18.4 Å². The number of hydrogen-bond acceptors (Lipinski definition) is 2. The average molecular weight is 180 g/mol. The molecule has 2 atom stereocenters. The zero-order chi connectivity index (χ0) is 7.56. The SMILES string of the molecule is C[C@H]1CCNC(C(=O)O)C1.Cl. The second-order valence-corrected chi connectivity index (χ2v) is 2.97. The van der Waals surface area contributed by atoms with Crippen molar-refractivity contribution in [3.8, 4) is 0 Å². The monoisotopic (exact) mass is 179 g/mol. The van der Waals surface area contributed by atoms with E-state index in [0.29, 0.717) is 5.92 Å². The number of carboxylic acid groups (broad SMARTS) is 1. The first-order valence-corrected chi connectivity index (χ1v) is 3.66. The third kappa shape index (κ3) is 3.08. The van der Waals surface area contributed by atoms with E-state index in [4.69, 9.17) is 5.11 Å². The number of aliphatic carboxylic acids is 1. The number of carboxylic acids is 1. The summed E-state index contributed by atoms with van der Waals surface area (Å²) in [5.41, 5.74) is 0.